The van der Waals surface area contributed by atoms with Crippen molar-refractivity contribution in [2.75, 3.05) is 6.67 Å². The second kappa shape index (κ2) is 7.72. The van der Waals surface area contributed by atoms with E-state index in [4.69, 9.17) is 0 Å². The predicted molar refractivity (Wildman–Crippen MR) is 121 cm³/mol. The molecule has 3 heteroatoms. The largest absolute Gasteiger partial charge is 0.390 e. The first-order chi connectivity index (χ1) is 13.9. The van der Waals surface area contributed by atoms with E-state index in [9.17, 15) is 14.6 Å². The maximum atomic E-state index is 13.5. The summed E-state index contributed by atoms with van der Waals surface area (Å²) in [4.78, 5) is 0. The molecule has 0 aromatic carbocycles. The molecule has 2 nitrogen and oxygen atoms in total. The zero-order valence-electron chi connectivity index (χ0n) is 20.2. The molecule has 9 atom stereocenters. The highest BCUT2D eigenvalue weighted by atomic mass is 19.1. The Labute approximate surface area is 184 Å². The van der Waals surface area contributed by atoms with Crippen LogP contribution in [0, 0.1) is 46.3 Å². The van der Waals surface area contributed by atoms with Gasteiger partial charge < -0.3 is 10.2 Å². The zero-order chi connectivity index (χ0) is 21.9. The van der Waals surface area contributed by atoms with Gasteiger partial charge in [0.15, 0.2) is 0 Å². The van der Waals surface area contributed by atoms with Crippen molar-refractivity contribution in [3.63, 3.8) is 0 Å². The molecule has 4 saturated carbocycles. The molecular formula is C27H47FO2. The van der Waals surface area contributed by atoms with Crippen molar-refractivity contribution in [2.24, 2.45) is 46.3 Å². The van der Waals surface area contributed by atoms with Crippen LogP contribution in [0.2, 0.25) is 0 Å². The van der Waals surface area contributed by atoms with Crippen molar-refractivity contribution in [1.29, 1.82) is 0 Å². The lowest BCUT2D eigenvalue weighted by Gasteiger charge is -2.62. The van der Waals surface area contributed by atoms with Crippen molar-refractivity contribution < 1.29 is 14.6 Å². The molecule has 0 saturated heterocycles. The number of aliphatic hydroxyl groups is 2. The summed E-state index contributed by atoms with van der Waals surface area (Å²) in [5, 5.41) is 20.8. The molecule has 174 valence electrons. The first-order valence-electron chi connectivity index (χ1n) is 12.9. The van der Waals surface area contributed by atoms with E-state index < -0.39 is 17.9 Å². The second-order valence-electron chi connectivity index (χ2n) is 13.3. The molecule has 0 amide bonds. The summed E-state index contributed by atoms with van der Waals surface area (Å²) < 4.78 is 13.5. The van der Waals surface area contributed by atoms with Crippen LogP contribution in [0.4, 0.5) is 4.39 Å². The number of hydrogen-bond acceptors (Lipinski definition) is 2. The fraction of sp³-hybridized carbons (Fsp3) is 1.00. The molecule has 0 radical (unpaired) electrons. The molecular weight excluding hydrogens is 375 g/mol. The Kier molecular flexibility index (Phi) is 5.92. The quantitative estimate of drug-likeness (QED) is 0.528. The molecule has 3 unspecified atom stereocenters. The lowest BCUT2D eigenvalue weighted by molar-refractivity contribution is -0.155. The van der Waals surface area contributed by atoms with Crippen LogP contribution in [0.5, 0.6) is 0 Å². The summed E-state index contributed by atoms with van der Waals surface area (Å²) in [5.41, 5.74) is -0.844. The Morgan fingerprint density at radius 1 is 0.967 bits per heavy atom. The van der Waals surface area contributed by atoms with E-state index in [1.165, 1.54) is 38.5 Å². The molecule has 4 fully saturated rings. The lowest BCUT2D eigenvalue weighted by Crippen LogP contribution is -2.56. The standard InChI is InChI=1S/C27H47FO2/c1-18(10-12-24(2,3)29)21-8-9-22-20-7-6-19-16-27(30,17-28)15-14-25(19,4)23(20)11-13-26(21,22)5/h18-23,29-30H,6-17H2,1-5H3/t18-,19+,20?,21-,22?,23?,25+,26-,27+/m1/s1. The molecule has 0 aliphatic heterocycles. The molecule has 0 aromatic heterocycles. The Morgan fingerprint density at radius 3 is 2.33 bits per heavy atom. The van der Waals surface area contributed by atoms with Crippen LogP contribution in [-0.2, 0) is 0 Å². The van der Waals surface area contributed by atoms with Crippen LogP contribution in [0.3, 0.4) is 0 Å². The van der Waals surface area contributed by atoms with Gasteiger partial charge in [-0.1, -0.05) is 20.8 Å². The average molecular weight is 423 g/mol. The van der Waals surface area contributed by atoms with Crippen molar-refractivity contribution in [3.05, 3.63) is 0 Å². The van der Waals surface area contributed by atoms with Crippen LogP contribution >= 0.6 is 0 Å². The summed E-state index contributed by atoms with van der Waals surface area (Å²) >= 11 is 0. The SMILES string of the molecule is C[C@H](CCC(C)(C)O)[C@H]1CCC2C3CC[C@H]4C[C@](O)(CF)CC[C@]4(C)C3CC[C@@]21C. The molecule has 0 bridgehead atoms. The summed E-state index contributed by atoms with van der Waals surface area (Å²) in [6.07, 6.45) is 12.3. The maximum absolute atomic E-state index is 13.5. The van der Waals surface area contributed by atoms with Crippen LogP contribution in [0.1, 0.15) is 105 Å². The van der Waals surface area contributed by atoms with Gasteiger partial charge in [0.2, 0.25) is 0 Å². The molecule has 4 aliphatic carbocycles. The molecule has 4 aliphatic rings. The van der Waals surface area contributed by atoms with Crippen molar-refractivity contribution in [3.8, 4) is 0 Å². The first kappa shape index (κ1) is 23.0. The highest BCUT2D eigenvalue weighted by Crippen LogP contribution is 2.68. The number of alkyl halides is 1. The maximum Gasteiger partial charge on any atom is 0.118 e. The molecule has 2 N–H and O–H groups in total. The predicted octanol–water partition coefficient (Wildman–Crippen LogP) is 6.53. The molecule has 0 aromatic rings. The molecule has 4 rings (SSSR count). The van der Waals surface area contributed by atoms with Gasteiger partial charge in [-0.05, 0) is 131 Å². The van der Waals surface area contributed by atoms with Gasteiger partial charge in [0, 0.05) is 0 Å². The van der Waals surface area contributed by atoms with Gasteiger partial charge in [-0.25, -0.2) is 4.39 Å². The molecule has 30 heavy (non-hydrogen) atoms. The normalized spacial score (nSPS) is 49.8. The van der Waals surface area contributed by atoms with E-state index in [-0.39, 0.29) is 0 Å². The average Bonchev–Trinajstić information content (AvgIpc) is 3.03. The monoisotopic (exact) mass is 422 g/mol. The van der Waals surface area contributed by atoms with Gasteiger partial charge in [0.25, 0.3) is 0 Å². The summed E-state index contributed by atoms with van der Waals surface area (Å²) in [5.74, 6) is 4.41. The summed E-state index contributed by atoms with van der Waals surface area (Å²) in [7, 11) is 0. The first-order valence-corrected chi connectivity index (χ1v) is 12.9. The second-order valence-corrected chi connectivity index (χ2v) is 13.3. The lowest BCUT2D eigenvalue weighted by atomic mass is 9.43. The minimum absolute atomic E-state index is 0.302. The number of fused-ring (bicyclic) bond motifs is 5. The van der Waals surface area contributed by atoms with Gasteiger partial charge in [-0.2, -0.15) is 0 Å². The third-order valence-electron chi connectivity index (χ3n) is 11.0. The topological polar surface area (TPSA) is 40.5 Å². The van der Waals surface area contributed by atoms with Crippen LogP contribution < -0.4 is 0 Å². The number of hydrogen-bond donors (Lipinski definition) is 2. The van der Waals surface area contributed by atoms with Crippen molar-refractivity contribution >= 4 is 0 Å². The molecule has 0 heterocycles. The third-order valence-corrected chi connectivity index (χ3v) is 11.0. The fourth-order valence-electron chi connectivity index (χ4n) is 9.20. The zero-order valence-corrected chi connectivity index (χ0v) is 20.2. The van der Waals surface area contributed by atoms with Gasteiger partial charge >= 0.3 is 0 Å². The van der Waals surface area contributed by atoms with E-state index >= 15 is 0 Å². The highest BCUT2D eigenvalue weighted by molar-refractivity contribution is 5.11. The summed E-state index contributed by atoms with van der Waals surface area (Å²) in [6.45, 7) is 10.8. The van der Waals surface area contributed by atoms with E-state index in [2.05, 4.69) is 20.8 Å². The Bertz CT molecular complexity index is 629. The van der Waals surface area contributed by atoms with E-state index in [0.29, 0.717) is 35.5 Å². The van der Waals surface area contributed by atoms with E-state index in [1.54, 1.807) is 0 Å². The third kappa shape index (κ3) is 3.78. The minimum atomic E-state index is -1.05. The fourth-order valence-corrected chi connectivity index (χ4v) is 9.20. The Balaban J connectivity index is 1.49. The number of rotatable bonds is 5. The van der Waals surface area contributed by atoms with Gasteiger partial charge in [-0.3, -0.25) is 0 Å². The van der Waals surface area contributed by atoms with Crippen molar-refractivity contribution in [1.82, 2.24) is 0 Å². The van der Waals surface area contributed by atoms with Crippen LogP contribution in [-0.4, -0.2) is 28.1 Å². The Hall–Kier alpha value is -0.150. The Morgan fingerprint density at radius 2 is 1.67 bits per heavy atom. The van der Waals surface area contributed by atoms with Crippen LogP contribution in [0.15, 0.2) is 0 Å². The molecule has 0 spiro atoms. The smallest absolute Gasteiger partial charge is 0.118 e. The minimum Gasteiger partial charge on any atom is -0.390 e. The van der Waals surface area contributed by atoms with Crippen LogP contribution in [0.25, 0.3) is 0 Å². The van der Waals surface area contributed by atoms with Gasteiger partial charge in [0.05, 0.1) is 11.2 Å². The van der Waals surface area contributed by atoms with E-state index in [1.807, 2.05) is 13.8 Å². The van der Waals surface area contributed by atoms with Gasteiger partial charge in [-0.15, -0.1) is 0 Å². The summed E-state index contributed by atoms with van der Waals surface area (Å²) in [6, 6.07) is 0. The van der Waals surface area contributed by atoms with E-state index in [0.717, 1.165) is 42.9 Å². The highest BCUT2D eigenvalue weighted by Gasteiger charge is 2.61. The van der Waals surface area contributed by atoms with Gasteiger partial charge in [0.1, 0.15) is 6.67 Å². The number of halogens is 1. The van der Waals surface area contributed by atoms with Crippen molar-refractivity contribution in [2.45, 2.75) is 116 Å².